The highest BCUT2D eigenvalue weighted by Gasteiger charge is 2.41. The number of rotatable bonds is 5. The first-order valence-electron chi connectivity index (χ1n) is 7.82. The van der Waals surface area contributed by atoms with Crippen molar-refractivity contribution in [3.05, 3.63) is 0 Å². The molecule has 2 aliphatic rings. The molecule has 0 amide bonds. The van der Waals surface area contributed by atoms with E-state index in [2.05, 4.69) is 0 Å². The fourth-order valence-corrected chi connectivity index (χ4v) is 3.86. The van der Waals surface area contributed by atoms with E-state index in [-0.39, 0.29) is 17.5 Å². The number of hydrogen-bond donors (Lipinski definition) is 0. The van der Waals surface area contributed by atoms with E-state index < -0.39 is 12.2 Å². The monoisotopic (exact) mass is 282 g/mol. The summed E-state index contributed by atoms with van der Waals surface area (Å²) in [4.78, 5) is 25.0. The summed E-state index contributed by atoms with van der Waals surface area (Å²) in [6, 6.07) is 0. The van der Waals surface area contributed by atoms with Gasteiger partial charge in [0.05, 0.1) is 5.92 Å². The third-order valence-electron chi connectivity index (χ3n) is 4.94. The van der Waals surface area contributed by atoms with E-state index in [0.29, 0.717) is 12.3 Å². The standard InChI is InChI=1S/C16H26O4/c1-19-16(20-2)15(18)13-10-6-9-12(14(13)17)11-7-4-3-5-8-11/h11-13,16H,3-10H2,1-2H3/t12-,13+/m1/s1. The van der Waals surface area contributed by atoms with Gasteiger partial charge in [0, 0.05) is 20.1 Å². The van der Waals surface area contributed by atoms with Crippen LogP contribution in [-0.4, -0.2) is 32.1 Å². The fraction of sp³-hybridized carbons (Fsp3) is 0.875. The van der Waals surface area contributed by atoms with E-state index >= 15 is 0 Å². The van der Waals surface area contributed by atoms with Gasteiger partial charge in [0.2, 0.25) is 6.29 Å². The summed E-state index contributed by atoms with van der Waals surface area (Å²) >= 11 is 0. The minimum atomic E-state index is -0.894. The SMILES string of the molecule is COC(OC)C(=O)[C@H]1CCC[C@H](C2CCCCC2)C1=O. The molecule has 4 nitrogen and oxygen atoms in total. The van der Waals surface area contributed by atoms with Crippen molar-refractivity contribution in [3.63, 3.8) is 0 Å². The second-order valence-corrected chi connectivity index (χ2v) is 6.10. The Morgan fingerprint density at radius 2 is 1.65 bits per heavy atom. The maximum Gasteiger partial charge on any atom is 0.218 e. The Hall–Kier alpha value is -0.740. The van der Waals surface area contributed by atoms with Crippen LogP contribution >= 0.6 is 0 Å². The van der Waals surface area contributed by atoms with Crippen molar-refractivity contribution in [2.45, 2.75) is 57.7 Å². The molecule has 2 saturated carbocycles. The van der Waals surface area contributed by atoms with Crippen LogP contribution in [0.15, 0.2) is 0 Å². The van der Waals surface area contributed by atoms with Crippen LogP contribution in [0.2, 0.25) is 0 Å². The average molecular weight is 282 g/mol. The van der Waals surface area contributed by atoms with Gasteiger partial charge in [-0.2, -0.15) is 0 Å². The van der Waals surface area contributed by atoms with Crippen molar-refractivity contribution in [1.29, 1.82) is 0 Å². The molecule has 2 aliphatic carbocycles. The van der Waals surface area contributed by atoms with Crippen LogP contribution in [0.25, 0.3) is 0 Å². The summed E-state index contributed by atoms with van der Waals surface area (Å²) in [5.41, 5.74) is 0. The van der Waals surface area contributed by atoms with Crippen LogP contribution in [0.4, 0.5) is 0 Å². The maximum atomic E-state index is 12.7. The molecule has 0 aromatic carbocycles. The molecule has 0 spiro atoms. The highest BCUT2D eigenvalue weighted by Crippen LogP contribution is 2.38. The minimum Gasteiger partial charge on any atom is -0.349 e. The van der Waals surface area contributed by atoms with Gasteiger partial charge < -0.3 is 9.47 Å². The zero-order valence-electron chi connectivity index (χ0n) is 12.6. The smallest absolute Gasteiger partial charge is 0.218 e. The molecule has 0 aromatic rings. The Morgan fingerprint density at radius 3 is 2.25 bits per heavy atom. The lowest BCUT2D eigenvalue weighted by Gasteiger charge is -2.35. The first-order chi connectivity index (χ1) is 9.69. The summed E-state index contributed by atoms with van der Waals surface area (Å²) in [7, 11) is 2.88. The lowest BCUT2D eigenvalue weighted by atomic mass is 9.68. The average Bonchev–Trinajstić information content (AvgIpc) is 2.49. The fourth-order valence-electron chi connectivity index (χ4n) is 3.86. The molecule has 0 N–H and O–H groups in total. The Kier molecular flexibility index (Phi) is 5.73. The first kappa shape index (κ1) is 15.6. The van der Waals surface area contributed by atoms with E-state index in [4.69, 9.17) is 9.47 Å². The topological polar surface area (TPSA) is 52.6 Å². The Bertz CT molecular complexity index is 342. The Morgan fingerprint density at radius 1 is 1.00 bits per heavy atom. The van der Waals surface area contributed by atoms with Crippen LogP contribution in [-0.2, 0) is 19.1 Å². The Balaban J connectivity index is 2.04. The summed E-state index contributed by atoms with van der Waals surface area (Å²) in [6.07, 6.45) is 7.72. The molecular formula is C16H26O4. The zero-order valence-corrected chi connectivity index (χ0v) is 12.6. The molecule has 2 fully saturated rings. The van der Waals surface area contributed by atoms with Gasteiger partial charge in [-0.25, -0.2) is 0 Å². The van der Waals surface area contributed by atoms with Gasteiger partial charge in [-0.3, -0.25) is 9.59 Å². The van der Waals surface area contributed by atoms with Gasteiger partial charge in [0.15, 0.2) is 5.78 Å². The predicted octanol–water partition coefficient (Wildman–Crippen LogP) is 2.74. The first-order valence-corrected chi connectivity index (χ1v) is 7.82. The molecule has 2 rings (SSSR count). The van der Waals surface area contributed by atoms with Gasteiger partial charge in [-0.15, -0.1) is 0 Å². The predicted molar refractivity (Wildman–Crippen MR) is 75.2 cm³/mol. The number of hydrogen-bond acceptors (Lipinski definition) is 4. The van der Waals surface area contributed by atoms with Gasteiger partial charge in [0.1, 0.15) is 5.78 Å². The molecule has 20 heavy (non-hydrogen) atoms. The number of ether oxygens (including phenoxy) is 2. The lowest BCUT2D eigenvalue weighted by molar-refractivity contribution is -0.165. The molecule has 0 heterocycles. The number of carbonyl (C=O) groups is 2. The molecular weight excluding hydrogens is 256 g/mol. The van der Waals surface area contributed by atoms with E-state index in [0.717, 1.165) is 25.7 Å². The normalized spacial score (nSPS) is 28.9. The summed E-state index contributed by atoms with van der Waals surface area (Å²) in [5, 5.41) is 0. The van der Waals surface area contributed by atoms with Gasteiger partial charge >= 0.3 is 0 Å². The van der Waals surface area contributed by atoms with E-state index in [1.807, 2.05) is 0 Å². The van der Waals surface area contributed by atoms with E-state index in [1.54, 1.807) is 0 Å². The maximum absolute atomic E-state index is 12.7. The van der Waals surface area contributed by atoms with E-state index in [1.165, 1.54) is 33.5 Å². The molecule has 0 aromatic heterocycles. The zero-order chi connectivity index (χ0) is 14.5. The highest BCUT2D eigenvalue weighted by molar-refractivity contribution is 6.05. The molecule has 0 bridgehead atoms. The largest absolute Gasteiger partial charge is 0.349 e. The van der Waals surface area contributed by atoms with Crippen molar-refractivity contribution in [3.8, 4) is 0 Å². The molecule has 0 aliphatic heterocycles. The molecule has 114 valence electrons. The summed E-state index contributed by atoms with van der Waals surface area (Å²) < 4.78 is 10.0. The lowest BCUT2D eigenvalue weighted by Crippen LogP contribution is -2.42. The van der Waals surface area contributed by atoms with Crippen LogP contribution < -0.4 is 0 Å². The summed E-state index contributed by atoms with van der Waals surface area (Å²) in [6.45, 7) is 0. The van der Waals surface area contributed by atoms with Gasteiger partial charge in [-0.1, -0.05) is 25.7 Å². The van der Waals surface area contributed by atoms with E-state index in [9.17, 15) is 9.59 Å². The third kappa shape index (κ3) is 3.29. The van der Waals surface area contributed by atoms with Crippen LogP contribution in [0.3, 0.4) is 0 Å². The van der Waals surface area contributed by atoms with Crippen LogP contribution in [0.5, 0.6) is 0 Å². The molecule has 2 atom stereocenters. The second kappa shape index (κ2) is 7.32. The number of methoxy groups -OCH3 is 2. The van der Waals surface area contributed by atoms with Crippen molar-refractivity contribution in [2.24, 2.45) is 17.8 Å². The quantitative estimate of drug-likeness (QED) is 0.574. The van der Waals surface area contributed by atoms with Crippen LogP contribution in [0, 0.1) is 17.8 Å². The number of ketones is 2. The van der Waals surface area contributed by atoms with Crippen LogP contribution in [0.1, 0.15) is 51.4 Å². The number of carbonyl (C=O) groups excluding carboxylic acids is 2. The van der Waals surface area contributed by atoms with Crippen molar-refractivity contribution in [1.82, 2.24) is 0 Å². The Labute approximate surface area is 121 Å². The van der Waals surface area contributed by atoms with Gasteiger partial charge in [0.25, 0.3) is 0 Å². The van der Waals surface area contributed by atoms with Crippen molar-refractivity contribution in [2.75, 3.05) is 14.2 Å². The summed E-state index contributed by atoms with van der Waals surface area (Å²) in [5.74, 6) is 0.0242. The second-order valence-electron chi connectivity index (χ2n) is 6.10. The van der Waals surface area contributed by atoms with Crippen molar-refractivity contribution >= 4 is 11.6 Å². The van der Waals surface area contributed by atoms with Crippen molar-refractivity contribution < 1.29 is 19.1 Å². The molecule has 4 heteroatoms. The molecule has 0 unspecified atom stereocenters. The third-order valence-corrected chi connectivity index (χ3v) is 4.94. The minimum absolute atomic E-state index is 0.0902. The molecule has 0 saturated heterocycles. The van der Waals surface area contributed by atoms with Gasteiger partial charge in [-0.05, 0) is 31.6 Å². The molecule has 0 radical (unpaired) electrons. The highest BCUT2D eigenvalue weighted by atomic mass is 16.7. The number of Topliss-reactive ketones (excluding diaryl/α,β-unsaturated/α-hetero) is 2.